The van der Waals surface area contributed by atoms with E-state index in [0.717, 1.165) is 19.4 Å². The van der Waals surface area contributed by atoms with Crippen molar-refractivity contribution in [2.75, 3.05) is 6.54 Å². The Labute approximate surface area is 98.5 Å². The van der Waals surface area contributed by atoms with Gasteiger partial charge in [0.2, 0.25) is 5.91 Å². The predicted octanol–water partition coefficient (Wildman–Crippen LogP) is 1.83. The summed E-state index contributed by atoms with van der Waals surface area (Å²) in [6.07, 6.45) is 7.93. The highest BCUT2D eigenvalue weighted by molar-refractivity contribution is 5.80. The molecule has 1 amide bonds. The molecule has 0 fully saturated rings. The first kappa shape index (κ1) is 13.2. The van der Waals surface area contributed by atoms with Crippen LogP contribution in [0.4, 0.5) is 0 Å². The predicted molar refractivity (Wildman–Crippen MR) is 66.9 cm³/mol. The lowest BCUT2D eigenvalue weighted by Gasteiger charge is -2.30. The van der Waals surface area contributed by atoms with Crippen LogP contribution >= 0.6 is 0 Å². The molecule has 16 heavy (non-hydrogen) atoms. The van der Waals surface area contributed by atoms with Crippen LogP contribution in [-0.2, 0) is 4.79 Å². The van der Waals surface area contributed by atoms with Crippen LogP contribution in [0.1, 0.15) is 40.0 Å². The minimum Gasteiger partial charge on any atom is -0.368 e. The molecule has 0 heterocycles. The number of nitrogens with two attached hydrogens (primary N) is 1. The van der Waals surface area contributed by atoms with Gasteiger partial charge in [0.05, 0.1) is 6.04 Å². The van der Waals surface area contributed by atoms with Crippen LogP contribution in [0, 0.1) is 11.3 Å². The molecular weight excluding hydrogens is 200 g/mol. The third-order valence-corrected chi connectivity index (χ3v) is 3.14. The van der Waals surface area contributed by atoms with Gasteiger partial charge in [0.25, 0.3) is 0 Å². The maximum Gasteiger partial charge on any atom is 0.235 e. The van der Waals surface area contributed by atoms with Gasteiger partial charge in [-0.3, -0.25) is 4.79 Å². The number of hydrogen-bond acceptors (Lipinski definition) is 2. The first-order valence-corrected chi connectivity index (χ1v) is 6.09. The fourth-order valence-electron chi connectivity index (χ4n) is 2.16. The molecule has 0 spiro atoms. The van der Waals surface area contributed by atoms with Crippen molar-refractivity contribution < 1.29 is 4.79 Å². The van der Waals surface area contributed by atoms with E-state index in [-0.39, 0.29) is 17.4 Å². The van der Waals surface area contributed by atoms with Gasteiger partial charge in [0, 0.05) is 0 Å². The summed E-state index contributed by atoms with van der Waals surface area (Å²) in [7, 11) is 0. The van der Waals surface area contributed by atoms with Gasteiger partial charge in [-0.25, -0.2) is 0 Å². The van der Waals surface area contributed by atoms with Crippen molar-refractivity contribution in [2.45, 2.75) is 46.1 Å². The molecule has 0 unspecified atom stereocenters. The Hall–Kier alpha value is -0.830. The van der Waals surface area contributed by atoms with Crippen molar-refractivity contribution in [3.63, 3.8) is 0 Å². The van der Waals surface area contributed by atoms with E-state index in [2.05, 4.69) is 17.5 Å². The quantitative estimate of drug-likeness (QED) is 0.716. The van der Waals surface area contributed by atoms with E-state index < -0.39 is 0 Å². The second-order valence-corrected chi connectivity index (χ2v) is 5.76. The first-order valence-electron chi connectivity index (χ1n) is 6.09. The minimum absolute atomic E-state index is 0.115. The van der Waals surface area contributed by atoms with Crippen molar-refractivity contribution in [2.24, 2.45) is 17.1 Å². The molecule has 0 aliphatic heterocycles. The van der Waals surface area contributed by atoms with E-state index >= 15 is 0 Å². The molecule has 0 saturated heterocycles. The third kappa shape index (κ3) is 3.97. The molecule has 0 bridgehead atoms. The molecule has 3 N–H and O–H groups in total. The summed E-state index contributed by atoms with van der Waals surface area (Å²) in [6.45, 7) is 7.00. The van der Waals surface area contributed by atoms with Crippen molar-refractivity contribution in [1.29, 1.82) is 0 Å². The first-order chi connectivity index (χ1) is 7.41. The summed E-state index contributed by atoms with van der Waals surface area (Å²) >= 11 is 0. The van der Waals surface area contributed by atoms with Gasteiger partial charge in [-0.1, -0.05) is 32.9 Å². The largest absolute Gasteiger partial charge is 0.368 e. The Morgan fingerprint density at radius 2 is 2.19 bits per heavy atom. The Balaban J connectivity index is 2.44. The Morgan fingerprint density at radius 1 is 1.50 bits per heavy atom. The molecule has 3 heteroatoms. The number of amides is 1. The zero-order chi connectivity index (χ0) is 12.2. The number of nitrogens with one attached hydrogen (secondary N) is 1. The molecule has 92 valence electrons. The molecule has 0 aromatic rings. The van der Waals surface area contributed by atoms with Crippen molar-refractivity contribution in [3.05, 3.63) is 12.2 Å². The van der Waals surface area contributed by atoms with Crippen molar-refractivity contribution in [3.8, 4) is 0 Å². The van der Waals surface area contributed by atoms with Gasteiger partial charge in [-0.15, -0.1) is 0 Å². The van der Waals surface area contributed by atoms with E-state index in [4.69, 9.17) is 5.73 Å². The summed E-state index contributed by atoms with van der Waals surface area (Å²) < 4.78 is 0. The summed E-state index contributed by atoms with van der Waals surface area (Å²) in [6, 6.07) is -0.238. The number of primary amides is 1. The van der Waals surface area contributed by atoms with Gasteiger partial charge in [-0.2, -0.15) is 0 Å². The van der Waals surface area contributed by atoms with Crippen LogP contribution in [0.15, 0.2) is 12.2 Å². The summed E-state index contributed by atoms with van der Waals surface area (Å²) in [5.74, 6) is 0.396. The number of hydrogen-bond donors (Lipinski definition) is 2. The van der Waals surface area contributed by atoms with Crippen LogP contribution in [-0.4, -0.2) is 18.5 Å². The average molecular weight is 224 g/mol. The van der Waals surface area contributed by atoms with Crippen molar-refractivity contribution >= 4 is 5.91 Å². The number of carbonyl (C=O) groups is 1. The number of carbonyl (C=O) groups excluding carboxylic acids is 1. The number of rotatable bonds is 4. The van der Waals surface area contributed by atoms with Crippen LogP contribution in [0.25, 0.3) is 0 Å². The third-order valence-electron chi connectivity index (χ3n) is 3.14. The lowest BCUT2D eigenvalue weighted by Crippen LogP contribution is -2.51. The lowest BCUT2D eigenvalue weighted by molar-refractivity contribution is -0.122. The standard InChI is InChI=1S/C13H24N2O/c1-13(2,3)11(12(14)16)15-9-10-7-5-4-6-8-10/h4-5,10-11,15H,6-9H2,1-3H3,(H2,14,16)/t10-,11-/m0/s1. The Kier molecular flexibility index (Phi) is 4.54. The van der Waals surface area contributed by atoms with E-state index in [1.807, 2.05) is 20.8 Å². The van der Waals surface area contributed by atoms with E-state index in [1.165, 1.54) is 6.42 Å². The average Bonchev–Trinajstić information content (AvgIpc) is 2.17. The van der Waals surface area contributed by atoms with Gasteiger partial charge in [0.1, 0.15) is 0 Å². The monoisotopic (exact) mass is 224 g/mol. The summed E-state index contributed by atoms with van der Waals surface area (Å²) in [4.78, 5) is 11.4. The highest BCUT2D eigenvalue weighted by Gasteiger charge is 2.29. The minimum atomic E-state index is -0.251. The zero-order valence-corrected chi connectivity index (χ0v) is 10.6. The second-order valence-electron chi connectivity index (χ2n) is 5.76. The van der Waals surface area contributed by atoms with Crippen LogP contribution in [0.3, 0.4) is 0 Å². The lowest BCUT2D eigenvalue weighted by atomic mass is 9.85. The van der Waals surface area contributed by atoms with Crippen LogP contribution in [0.2, 0.25) is 0 Å². The van der Waals surface area contributed by atoms with Gasteiger partial charge in [0.15, 0.2) is 0 Å². The van der Waals surface area contributed by atoms with Crippen LogP contribution in [0.5, 0.6) is 0 Å². The fraction of sp³-hybridized carbons (Fsp3) is 0.769. The molecule has 3 nitrogen and oxygen atoms in total. The molecule has 0 aromatic carbocycles. The number of allylic oxidation sites excluding steroid dienone is 2. The molecular formula is C13H24N2O. The molecule has 2 atom stereocenters. The molecule has 0 saturated carbocycles. The topological polar surface area (TPSA) is 55.1 Å². The fourth-order valence-corrected chi connectivity index (χ4v) is 2.16. The van der Waals surface area contributed by atoms with Gasteiger partial charge >= 0.3 is 0 Å². The van der Waals surface area contributed by atoms with Crippen molar-refractivity contribution in [1.82, 2.24) is 5.32 Å². The zero-order valence-electron chi connectivity index (χ0n) is 10.6. The molecule has 1 aliphatic carbocycles. The second kappa shape index (κ2) is 5.48. The summed E-state index contributed by atoms with van der Waals surface area (Å²) in [5, 5.41) is 3.32. The maximum atomic E-state index is 11.4. The molecule has 0 aromatic heterocycles. The highest BCUT2D eigenvalue weighted by atomic mass is 16.1. The van der Waals surface area contributed by atoms with Crippen LogP contribution < -0.4 is 11.1 Å². The van der Waals surface area contributed by atoms with E-state index in [9.17, 15) is 4.79 Å². The van der Waals surface area contributed by atoms with Gasteiger partial charge < -0.3 is 11.1 Å². The maximum absolute atomic E-state index is 11.4. The smallest absolute Gasteiger partial charge is 0.235 e. The normalized spacial score (nSPS) is 23.1. The highest BCUT2D eigenvalue weighted by Crippen LogP contribution is 2.21. The molecule has 1 rings (SSSR count). The van der Waals surface area contributed by atoms with E-state index in [0.29, 0.717) is 5.92 Å². The summed E-state index contributed by atoms with van der Waals surface area (Å²) in [5.41, 5.74) is 5.31. The molecule has 0 radical (unpaired) electrons. The SMILES string of the molecule is CC(C)(C)[C@@H](NC[C@H]1CC=CCC1)C(N)=O. The Bertz CT molecular complexity index is 266. The molecule has 1 aliphatic rings. The van der Waals surface area contributed by atoms with E-state index in [1.54, 1.807) is 0 Å². The Morgan fingerprint density at radius 3 is 2.62 bits per heavy atom. The van der Waals surface area contributed by atoms with Gasteiger partial charge in [-0.05, 0) is 37.1 Å².